The Balaban J connectivity index is 3.00. The van der Waals surface area contributed by atoms with Crippen molar-refractivity contribution in [2.75, 3.05) is 0 Å². The number of urea groups is 1. The predicted octanol–water partition coefficient (Wildman–Crippen LogP) is -0.240. The van der Waals surface area contributed by atoms with E-state index in [2.05, 4.69) is 16.3 Å². The third-order valence-corrected chi connectivity index (χ3v) is 0.310. The van der Waals surface area contributed by atoms with Crippen LogP contribution in [0, 0.1) is 0 Å². The second-order valence-corrected chi connectivity index (χ2v) is 0.774. The van der Waals surface area contributed by atoms with Crippen molar-refractivity contribution in [1.29, 1.82) is 0 Å². The molecule has 0 aromatic carbocycles. The molecule has 0 saturated heterocycles. The van der Waals surface area contributed by atoms with Gasteiger partial charge in [-0.3, -0.25) is 5.21 Å². The number of halogens is 1. The quantitative estimate of drug-likeness (QED) is 0.336. The highest BCUT2D eigenvalue weighted by Gasteiger charge is 1.90. The van der Waals surface area contributed by atoms with Crippen molar-refractivity contribution in [2.24, 2.45) is 0 Å². The summed E-state index contributed by atoms with van der Waals surface area (Å²) >= 11 is 4.49. The van der Waals surface area contributed by atoms with Crippen LogP contribution in [0.2, 0.25) is 0 Å². The minimum absolute atomic E-state index is 0.921. The van der Waals surface area contributed by atoms with E-state index in [1.807, 2.05) is 0 Å². The zero-order valence-electron chi connectivity index (χ0n) is 3.14. The van der Waals surface area contributed by atoms with Gasteiger partial charge in [-0.25, -0.2) is 10.3 Å². The molecule has 0 spiro atoms. The van der Waals surface area contributed by atoms with Gasteiger partial charge in [0.15, 0.2) is 0 Å². The molecule has 6 heteroatoms. The second kappa shape index (κ2) is 3.66. The number of hydrogen-bond donors (Lipinski definition) is 3. The maximum Gasteiger partial charge on any atom is 0.363 e. The molecule has 0 aromatic heterocycles. The van der Waals surface area contributed by atoms with E-state index in [0.29, 0.717) is 0 Å². The molecule has 0 heterocycles. The molecule has 42 valence electrons. The first-order chi connectivity index (χ1) is 3.31. The Morgan fingerprint density at radius 1 is 1.86 bits per heavy atom. The molecule has 0 aliphatic carbocycles. The van der Waals surface area contributed by atoms with E-state index >= 15 is 0 Å². The van der Waals surface area contributed by atoms with Crippen molar-refractivity contribution in [3.63, 3.8) is 0 Å². The van der Waals surface area contributed by atoms with Crippen LogP contribution in [0.15, 0.2) is 0 Å². The van der Waals surface area contributed by atoms with E-state index in [1.165, 1.54) is 5.48 Å². The van der Waals surface area contributed by atoms with Crippen LogP contribution in [0.4, 0.5) is 4.79 Å². The standard InChI is InChI=1S/CH3ClN2O3/c2-7-4-1(5)3-6/h6H,(H2,3,4,5). The van der Waals surface area contributed by atoms with Gasteiger partial charge in [0, 0.05) is 0 Å². The molecule has 0 atom stereocenters. The fourth-order valence-corrected chi connectivity index (χ4v) is 0.128. The van der Waals surface area contributed by atoms with Crippen LogP contribution in [-0.4, -0.2) is 11.2 Å². The number of carbonyl (C=O) groups is 1. The zero-order chi connectivity index (χ0) is 5.70. The summed E-state index contributed by atoms with van der Waals surface area (Å²) in [6, 6.07) is -0.921. The third-order valence-electron chi connectivity index (χ3n) is 0.233. The van der Waals surface area contributed by atoms with Crippen molar-refractivity contribution in [3.05, 3.63) is 0 Å². The van der Waals surface area contributed by atoms with Gasteiger partial charge in [-0.2, -0.15) is 9.87 Å². The number of amides is 2. The molecule has 5 nitrogen and oxygen atoms in total. The SMILES string of the molecule is O=C(NO)NOCl. The molecule has 0 fully saturated rings. The van der Waals surface area contributed by atoms with Gasteiger partial charge in [-0.05, 0) is 0 Å². The van der Waals surface area contributed by atoms with Crippen LogP contribution in [0.3, 0.4) is 0 Å². The van der Waals surface area contributed by atoms with Gasteiger partial charge in [0.1, 0.15) is 0 Å². The molecule has 0 aliphatic rings. The molecule has 3 N–H and O–H groups in total. The summed E-state index contributed by atoms with van der Waals surface area (Å²) in [5.74, 6) is 0. The number of nitrogens with one attached hydrogen (secondary N) is 2. The van der Waals surface area contributed by atoms with Crippen molar-refractivity contribution in [1.82, 2.24) is 11.0 Å². The van der Waals surface area contributed by atoms with E-state index in [9.17, 15) is 4.79 Å². The zero-order valence-corrected chi connectivity index (χ0v) is 3.90. The molecule has 0 unspecified atom stereocenters. The largest absolute Gasteiger partial charge is 0.363 e. The maximum absolute atomic E-state index is 9.73. The van der Waals surface area contributed by atoms with Crippen molar-refractivity contribution < 1.29 is 14.4 Å². The van der Waals surface area contributed by atoms with E-state index in [0.717, 1.165) is 0 Å². The first-order valence-electron chi connectivity index (χ1n) is 1.29. The van der Waals surface area contributed by atoms with Gasteiger partial charge in [0.05, 0.1) is 11.9 Å². The summed E-state index contributed by atoms with van der Waals surface area (Å²) in [5.41, 5.74) is 2.77. The Bertz CT molecular complexity index is 66.0. The van der Waals surface area contributed by atoms with Gasteiger partial charge >= 0.3 is 6.03 Å². The predicted molar refractivity (Wildman–Crippen MR) is 20.4 cm³/mol. The van der Waals surface area contributed by atoms with E-state index in [4.69, 9.17) is 5.21 Å². The number of hydrogen-bond acceptors (Lipinski definition) is 3. The molecule has 0 rings (SSSR count). The van der Waals surface area contributed by atoms with Crippen molar-refractivity contribution in [2.45, 2.75) is 0 Å². The second-order valence-electron chi connectivity index (χ2n) is 0.620. The number of hydroxylamine groups is 2. The molecule has 0 radical (unpaired) electrons. The lowest BCUT2D eigenvalue weighted by molar-refractivity contribution is 0.129. The normalized spacial score (nSPS) is 7.71. The smallest absolute Gasteiger partial charge is 0.287 e. The highest BCUT2D eigenvalue weighted by atomic mass is 35.5. The minimum Gasteiger partial charge on any atom is -0.287 e. The average Bonchev–Trinajstić information content (AvgIpc) is 1.68. The summed E-state index contributed by atoms with van der Waals surface area (Å²) in [4.78, 5) is 9.73. The minimum atomic E-state index is -0.921. The Hall–Kier alpha value is -0.520. The highest BCUT2D eigenvalue weighted by Crippen LogP contribution is 1.68. The van der Waals surface area contributed by atoms with E-state index < -0.39 is 6.03 Å². The molecule has 0 saturated carbocycles. The Morgan fingerprint density at radius 3 is 2.57 bits per heavy atom. The van der Waals surface area contributed by atoms with Crippen molar-refractivity contribution in [3.8, 4) is 0 Å². The van der Waals surface area contributed by atoms with E-state index in [-0.39, 0.29) is 0 Å². The molecular formula is CH3ClN2O3. The number of carbonyl (C=O) groups excluding carboxylic acids is 1. The van der Waals surface area contributed by atoms with Crippen LogP contribution in [0.5, 0.6) is 0 Å². The molecule has 2 amide bonds. The van der Waals surface area contributed by atoms with Gasteiger partial charge < -0.3 is 0 Å². The fourth-order valence-electron chi connectivity index (χ4n) is 0.0579. The monoisotopic (exact) mass is 126 g/mol. The summed E-state index contributed by atoms with van der Waals surface area (Å²) in [5, 5.41) is 7.67. The van der Waals surface area contributed by atoms with Gasteiger partial charge in [0.25, 0.3) is 0 Å². The van der Waals surface area contributed by atoms with Crippen LogP contribution in [0.1, 0.15) is 0 Å². The lowest BCUT2D eigenvalue weighted by Gasteiger charge is -1.92. The summed E-state index contributed by atoms with van der Waals surface area (Å²) in [6.07, 6.45) is 0. The van der Waals surface area contributed by atoms with Crippen LogP contribution in [0.25, 0.3) is 0 Å². The number of rotatable bonds is 1. The maximum atomic E-state index is 9.73. The van der Waals surface area contributed by atoms with Gasteiger partial charge in [0.2, 0.25) is 0 Å². The molecule has 0 bridgehead atoms. The van der Waals surface area contributed by atoms with Crippen molar-refractivity contribution >= 4 is 17.9 Å². The topological polar surface area (TPSA) is 70.6 Å². The first-order valence-corrected chi connectivity index (χ1v) is 1.59. The van der Waals surface area contributed by atoms with E-state index in [1.54, 1.807) is 5.48 Å². The van der Waals surface area contributed by atoms with Gasteiger partial charge in [-0.15, -0.1) is 0 Å². The molecular weight excluding hydrogens is 123 g/mol. The fraction of sp³-hybridized carbons (Fsp3) is 0. The van der Waals surface area contributed by atoms with Gasteiger partial charge in [-0.1, -0.05) is 0 Å². The Labute approximate surface area is 44.3 Å². The summed E-state index contributed by atoms with van der Waals surface area (Å²) < 4.78 is 3.54. The third kappa shape index (κ3) is 3.31. The molecule has 0 aromatic rings. The van der Waals surface area contributed by atoms with Crippen LogP contribution >= 0.6 is 11.9 Å². The summed E-state index contributed by atoms with van der Waals surface area (Å²) in [6.45, 7) is 0. The first kappa shape index (κ1) is 6.48. The molecule has 7 heavy (non-hydrogen) atoms. The van der Waals surface area contributed by atoms with Crippen LogP contribution < -0.4 is 11.0 Å². The Kier molecular flexibility index (Phi) is 3.39. The lowest BCUT2D eigenvalue weighted by atomic mass is 11.2. The summed E-state index contributed by atoms with van der Waals surface area (Å²) in [7, 11) is 0. The lowest BCUT2D eigenvalue weighted by Crippen LogP contribution is -2.30. The average molecular weight is 126 g/mol. The highest BCUT2D eigenvalue weighted by molar-refractivity contribution is 6.07. The van der Waals surface area contributed by atoms with Crippen LogP contribution in [-0.2, 0) is 4.39 Å². The Morgan fingerprint density at radius 2 is 2.43 bits per heavy atom. The molecule has 0 aliphatic heterocycles.